The number of hydrogen-bond donors (Lipinski definition) is 1. The fourth-order valence-electron chi connectivity index (χ4n) is 5.47. The molecule has 3 atom stereocenters. The van der Waals surface area contributed by atoms with Crippen molar-refractivity contribution in [1.29, 1.82) is 0 Å². The molecule has 5 rings (SSSR count). The molecule has 0 aliphatic carbocycles. The maximum atomic E-state index is 15.5. The molecule has 2 N–H and O–H groups in total. The van der Waals surface area contributed by atoms with Gasteiger partial charge < -0.3 is 10.5 Å². The van der Waals surface area contributed by atoms with Crippen molar-refractivity contribution in [3.8, 4) is 16.9 Å². The van der Waals surface area contributed by atoms with Gasteiger partial charge in [-0.2, -0.15) is 13.2 Å². The molecule has 42 heavy (non-hydrogen) atoms. The summed E-state index contributed by atoms with van der Waals surface area (Å²) >= 11 is 0. The molecule has 3 unspecified atom stereocenters. The molecule has 220 valence electrons. The predicted molar refractivity (Wildman–Crippen MR) is 145 cm³/mol. The van der Waals surface area contributed by atoms with Gasteiger partial charge in [-0.25, -0.2) is 13.2 Å². The smallest absolute Gasteiger partial charge is 0.416 e. The molecule has 1 aliphatic rings. The van der Waals surface area contributed by atoms with Gasteiger partial charge in [-0.15, -0.1) is 0 Å². The zero-order valence-electron chi connectivity index (χ0n) is 22.3. The molecule has 4 aromatic rings. The van der Waals surface area contributed by atoms with Crippen molar-refractivity contribution in [1.82, 2.24) is 4.57 Å². The van der Waals surface area contributed by atoms with Crippen molar-refractivity contribution >= 4 is 10.8 Å². The van der Waals surface area contributed by atoms with Gasteiger partial charge in [0.2, 0.25) is 0 Å². The first kappa shape index (κ1) is 29.6. The van der Waals surface area contributed by atoms with E-state index in [9.17, 15) is 26.6 Å². The topological polar surface area (TPSA) is 74.3 Å². The van der Waals surface area contributed by atoms with Crippen molar-refractivity contribution in [3.63, 3.8) is 0 Å². The van der Waals surface area contributed by atoms with Crippen LogP contribution in [0.1, 0.15) is 39.9 Å². The summed E-state index contributed by atoms with van der Waals surface area (Å²) in [6.45, 7) is 1.38. The summed E-state index contributed by atoms with van der Waals surface area (Å²) in [5.41, 5.74) is 3.12. The lowest BCUT2D eigenvalue weighted by molar-refractivity contribution is -0.138. The van der Waals surface area contributed by atoms with Gasteiger partial charge in [0.05, 0.1) is 46.9 Å². The number of nitrogens with two attached hydrogens (primary N) is 1. The SMILES string of the molecule is COc1cccc(-c2c(C)c(Cc3c(F)cccc3C(F)(F)F)c3n(c2=O)C(C(N)c2ccccc2F)CS3=O)c1F. The summed E-state index contributed by atoms with van der Waals surface area (Å²) in [7, 11) is -0.785. The number of aromatic nitrogens is 1. The molecule has 1 aliphatic heterocycles. The first-order chi connectivity index (χ1) is 19.9. The highest BCUT2D eigenvalue weighted by molar-refractivity contribution is 7.85. The largest absolute Gasteiger partial charge is 0.494 e. The minimum Gasteiger partial charge on any atom is -0.494 e. The van der Waals surface area contributed by atoms with Crippen LogP contribution >= 0.6 is 0 Å². The highest BCUT2D eigenvalue weighted by Crippen LogP contribution is 2.41. The first-order valence-corrected chi connectivity index (χ1v) is 14.0. The summed E-state index contributed by atoms with van der Waals surface area (Å²) in [5, 5.41) is -0.169. The third-order valence-electron chi connectivity index (χ3n) is 7.52. The lowest BCUT2D eigenvalue weighted by atomic mass is 9.91. The normalized spacial score (nSPS) is 17.3. The van der Waals surface area contributed by atoms with Gasteiger partial charge in [0.1, 0.15) is 16.7 Å². The molecule has 12 heteroatoms. The van der Waals surface area contributed by atoms with E-state index in [-0.39, 0.29) is 44.3 Å². The summed E-state index contributed by atoms with van der Waals surface area (Å²) in [6, 6.07) is 9.77. The van der Waals surface area contributed by atoms with Crippen LogP contribution in [0.5, 0.6) is 5.75 Å². The lowest BCUT2D eigenvalue weighted by Crippen LogP contribution is -2.34. The molecule has 0 radical (unpaired) electrons. The van der Waals surface area contributed by atoms with Crippen LogP contribution in [0.25, 0.3) is 11.1 Å². The number of rotatable bonds is 6. The average Bonchev–Trinajstić information content (AvgIpc) is 3.29. The molecule has 0 spiro atoms. The van der Waals surface area contributed by atoms with E-state index >= 15 is 8.78 Å². The maximum absolute atomic E-state index is 15.5. The number of halogens is 6. The highest BCUT2D eigenvalue weighted by atomic mass is 32.2. The van der Waals surface area contributed by atoms with Crippen LogP contribution in [0, 0.1) is 24.4 Å². The molecule has 2 heterocycles. The molecule has 0 amide bonds. The predicted octanol–water partition coefficient (Wildman–Crippen LogP) is 6.22. The Hall–Kier alpha value is -3.90. The number of methoxy groups -OCH3 is 1. The molecule has 0 saturated carbocycles. The standard InChI is InChI=1S/C30H24F6N2O3S/c1-15-18(13-19-20(30(34,35)36)9-6-11-22(19)32)29-38(28(39)25(15)17-8-5-12-24(41-2)26(17)33)23(14-42(29)40)27(37)16-7-3-4-10-21(16)31/h3-12,23,27H,13-14,37H2,1-2H3. The Bertz CT molecular complexity index is 1790. The van der Waals surface area contributed by atoms with Gasteiger partial charge in [0.15, 0.2) is 11.6 Å². The number of alkyl halides is 3. The van der Waals surface area contributed by atoms with Crippen LogP contribution in [-0.4, -0.2) is 21.6 Å². The third kappa shape index (κ3) is 4.92. The first-order valence-electron chi connectivity index (χ1n) is 12.7. The molecule has 5 nitrogen and oxygen atoms in total. The van der Waals surface area contributed by atoms with Crippen LogP contribution in [0.4, 0.5) is 26.3 Å². The van der Waals surface area contributed by atoms with Crippen LogP contribution in [-0.2, 0) is 23.4 Å². The fraction of sp³-hybridized carbons (Fsp3) is 0.233. The van der Waals surface area contributed by atoms with Gasteiger partial charge in [-0.3, -0.25) is 13.6 Å². The van der Waals surface area contributed by atoms with E-state index in [0.29, 0.717) is 0 Å². The van der Waals surface area contributed by atoms with Crippen LogP contribution in [0.3, 0.4) is 0 Å². The lowest BCUT2D eigenvalue weighted by Gasteiger charge is -2.25. The van der Waals surface area contributed by atoms with Crippen molar-refractivity contribution in [2.45, 2.75) is 36.6 Å². The van der Waals surface area contributed by atoms with Gasteiger partial charge in [-0.05, 0) is 42.3 Å². The Morgan fingerprint density at radius 1 is 1.00 bits per heavy atom. The van der Waals surface area contributed by atoms with E-state index in [1.807, 2.05) is 0 Å². The molecular formula is C30H24F6N2O3S. The Morgan fingerprint density at radius 3 is 2.33 bits per heavy atom. The fourth-order valence-corrected chi connectivity index (χ4v) is 7.23. The molecule has 0 saturated heterocycles. The second-order valence-corrected chi connectivity index (χ2v) is 11.3. The Balaban J connectivity index is 1.84. The minimum absolute atomic E-state index is 0.0169. The second kappa shape index (κ2) is 11.1. The zero-order chi connectivity index (χ0) is 30.5. The molecule has 3 aromatic carbocycles. The number of fused-ring (bicyclic) bond motifs is 1. The number of ether oxygens (including phenoxy) is 1. The Morgan fingerprint density at radius 2 is 1.67 bits per heavy atom. The number of pyridine rings is 1. The van der Waals surface area contributed by atoms with Crippen molar-refractivity contribution in [2.75, 3.05) is 12.9 Å². The summed E-state index contributed by atoms with van der Waals surface area (Å²) in [5.74, 6) is -3.22. The maximum Gasteiger partial charge on any atom is 0.416 e. The van der Waals surface area contributed by atoms with Gasteiger partial charge in [0.25, 0.3) is 5.56 Å². The van der Waals surface area contributed by atoms with Crippen LogP contribution in [0.15, 0.2) is 70.5 Å². The van der Waals surface area contributed by atoms with E-state index in [1.54, 1.807) is 0 Å². The summed E-state index contributed by atoms with van der Waals surface area (Å²) in [6.07, 6.45) is -5.63. The number of benzene rings is 3. The van der Waals surface area contributed by atoms with Crippen molar-refractivity contribution < 1.29 is 35.3 Å². The second-order valence-electron chi connectivity index (χ2n) is 9.85. The molecular weight excluding hydrogens is 582 g/mol. The van der Waals surface area contributed by atoms with E-state index in [1.165, 1.54) is 56.5 Å². The van der Waals surface area contributed by atoms with E-state index in [2.05, 4.69) is 0 Å². The van der Waals surface area contributed by atoms with Crippen LogP contribution in [0.2, 0.25) is 0 Å². The van der Waals surface area contributed by atoms with Crippen molar-refractivity contribution in [2.24, 2.45) is 5.73 Å². The quantitative estimate of drug-likeness (QED) is 0.265. The minimum atomic E-state index is -4.92. The van der Waals surface area contributed by atoms with Crippen molar-refractivity contribution in [3.05, 3.63) is 116 Å². The zero-order valence-corrected chi connectivity index (χ0v) is 23.1. The summed E-state index contributed by atoms with van der Waals surface area (Å²) < 4.78 is 107. The van der Waals surface area contributed by atoms with E-state index in [0.717, 1.165) is 22.8 Å². The van der Waals surface area contributed by atoms with E-state index < -0.39 is 69.6 Å². The van der Waals surface area contributed by atoms with Gasteiger partial charge >= 0.3 is 6.18 Å². The third-order valence-corrected chi connectivity index (χ3v) is 9.03. The highest BCUT2D eigenvalue weighted by Gasteiger charge is 2.40. The number of hydrogen-bond acceptors (Lipinski definition) is 4. The molecule has 0 bridgehead atoms. The van der Waals surface area contributed by atoms with Gasteiger partial charge in [0, 0.05) is 23.1 Å². The van der Waals surface area contributed by atoms with Crippen LogP contribution < -0.4 is 16.0 Å². The van der Waals surface area contributed by atoms with Gasteiger partial charge in [-0.1, -0.05) is 36.4 Å². The Kier molecular flexibility index (Phi) is 7.80. The molecule has 1 aromatic heterocycles. The summed E-state index contributed by atoms with van der Waals surface area (Å²) in [4.78, 5) is 14.1. The average molecular weight is 607 g/mol. The number of nitrogens with zero attached hydrogens (tertiary/aromatic N) is 1. The monoisotopic (exact) mass is 606 g/mol. The van der Waals surface area contributed by atoms with E-state index in [4.69, 9.17) is 10.5 Å². The molecule has 0 fully saturated rings. The Labute approximate surface area is 239 Å².